The number of β-lactam (4-membered cyclic amide) rings is 1. The monoisotopic (exact) mass is 307 g/mol. The minimum atomic E-state index is -0.800. The molecule has 1 heterocycles. The summed E-state index contributed by atoms with van der Waals surface area (Å²) in [7, 11) is 0. The number of nitrogens with one attached hydrogen (secondary N) is 1. The Labute approximate surface area is 129 Å². The molecule has 1 saturated heterocycles. The quantitative estimate of drug-likeness (QED) is 0.614. The van der Waals surface area contributed by atoms with E-state index in [1.165, 1.54) is 0 Å². The highest BCUT2D eigenvalue weighted by atomic mass is 16.7. The highest BCUT2D eigenvalue weighted by Crippen LogP contribution is 2.27. The van der Waals surface area contributed by atoms with Crippen LogP contribution in [0.4, 0.5) is 4.79 Å². The van der Waals surface area contributed by atoms with Gasteiger partial charge in [-0.25, -0.2) is 4.79 Å². The van der Waals surface area contributed by atoms with Crippen LogP contribution in [-0.2, 0) is 20.9 Å². The van der Waals surface area contributed by atoms with Gasteiger partial charge in [0, 0.05) is 18.6 Å². The molecule has 1 aromatic rings. The summed E-state index contributed by atoms with van der Waals surface area (Å²) >= 11 is 0. The lowest BCUT2D eigenvalue weighted by atomic mass is 9.79. The summed E-state index contributed by atoms with van der Waals surface area (Å²) in [6.07, 6.45) is -1.40. The van der Waals surface area contributed by atoms with Crippen molar-refractivity contribution in [2.45, 2.75) is 32.6 Å². The van der Waals surface area contributed by atoms with E-state index in [9.17, 15) is 9.59 Å². The molecule has 6 nitrogen and oxygen atoms in total. The van der Waals surface area contributed by atoms with E-state index in [0.29, 0.717) is 0 Å². The van der Waals surface area contributed by atoms with Crippen LogP contribution in [0.25, 0.3) is 0 Å². The van der Waals surface area contributed by atoms with E-state index in [-0.39, 0.29) is 31.1 Å². The molecule has 0 bridgehead atoms. The second kappa shape index (κ2) is 7.26. The van der Waals surface area contributed by atoms with Crippen LogP contribution < -0.4 is 5.32 Å². The summed E-state index contributed by atoms with van der Waals surface area (Å²) in [5.41, 5.74) is 0.861. The summed E-state index contributed by atoms with van der Waals surface area (Å²) < 4.78 is 10.2. The van der Waals surface area contributed by atoms with Crippen molar-refractivity contribution in [1.29, 1.82) is 0 Å². The van der Waals surface area contributed by atoms with Crippen molar-refractivity contribution in [2.24, 2.45) is 11.8 Å². The maximum Gasteiger partial charge on any atom is 0.508 e. The number of amides is 1. The van der Waals surface area contributed by atoms with Gasteiger partial charge in [0.1, 0.15) is 12.7 Å². The van der Waals surface area contributed by atoms with Crippen LogP contribution in [0.2, 0.25) is 0 Å². The lowest BCUT2D eigenvalue weighted by molar-refractivity contribution is -0.144. The minimum absolute atomic E-state index is 0.0351. The number of hydrogen-bond donors (Lipinski definition) is 2. The van der Waals surface area contributed by atoms with Gasteiger partial charge in [-0.2, -0.15) is 0 Å². The first kappa shape index (κ1) is 16.3. The fourth-order valence-corrected chi connectivity index (χ4v) is 2.51. The molecule has 1 aromatic carbocycles. The van der Waals surface area contributed by atoms with Crippen molar-refractivity contribution >= 4 is 12.1 Å². The molecule has 0 saturated carbocycles. The normalized spacial score (nSPS) is 23.0. The zero-order chi connectivity index (χ0) is 16.1. The number of aliphatic hydroxyl groups is 1. The average molecular weight is 307 g/mol. The number of aliphatic hydroxyl groups excluding tert-OH is 1. The van der Waals surface area contributed by atoms with Crippen molar-refractivity contribution in [3.8, 4) is 0 Å². The first-order valence-corrected chi connectivity index (χ1v) is 7.31. The Hall–Kier alpha value is -2.08. The standard InChI is InChI=1S/C16H21NO5/c1-10(8-18)14-13(15(19)17-14)11(2)22-16(20)21-9-12-6-4-3-5-7-12/h3-7,10-11,13-14,18H,8-9H2,1-2H3,(H,17,19)/t10-,11-,13-,14-/m1/s1. The Bertz CT molecular complexity index is 519. The second-order valence-electron chi connectivity index (χ2n) is 5.57. The SMILES string of the molecule is C[C@H](CO)[C@H]1NC(=O)[C@@H]1[C@@H](C)OC(=O)OCc1ccccc1. The van der Waals surface area contributed by atoms with Crippen LogP contribution >= 0.6 is 0 Å². The van der Waals surface area contributed by atoms with Crippen molar-refractivity contribution in [2.75, 3.05) is 6.61 Å². The third-order valence-corrected chi connectivity index (χ3v) is 3.89. The Morgan fingerprint density at radius 3 is 2.59 bits per heavy atom. The van der Waals surface area contributed by atoms with Crippen molar-refractivity contribution < 1.29 is 24.2 Å². The zero-order valence-electron chi connectivity index (χ0n) is 12.7. The molecule has 1 aliphatic rings. The molecule has 0 spiro atoms. The Balaban J connectivity index is 1.82. The summed E-state index contributed by atoms with van der Waals surface area (Å²) in [4.78, 5) is 23.3. The fraction of sp³-hybridized carbons (Fsp3) is 0.500. The minimum Gasteiger partial charge on any atom is -0.430 e. The predicted octanol–water partition coefficient (Wildman–Crippen LogP) is 1.47. The van der Waals surface area contributed by atoms with Crippen LogP contribution in [0.3, 0.4) is 0 Å². The molecular formula is C16H21NO5. The molecule has 6 heteroatoms. The number of ether oxygens (including phenoxy) is 2. The van der Waals surface area contributed by atoms with E-state index in [1.54, 1.807) is 6.92 Å². The first-order chi connectivity index (χ1) is 10.5. The van der Waals surface area contributed by atoms with Gasteiger partial charge in [0.2, 0.25) is 5.91 Å². The van der Waals surface area contributed by atoms with Gasteiger partial charge in [-0.1, -0.05) is 37.3 Å². The number of carbonyl (C=O) groups excluding carboxylic acids is 2. The van der Waals surface area contributed by atoms with E-state index < -0.39 is 18.2 Å². The molecule has 2 N–H and O–H groups in total. The molecule has 1 aliphatic heterocycles. The Morgan fingerprint density at radius 1 is 1.32 bits per heavy atom. The fourth-order valence-electron chi connectivity index (χ4n) is 2.51. The largest absolute Gasteiger partial charge is 0.508 e. The van der Waals surface area contributed by atoms with Gasteiger partial charge in [0.05, 0.1) is 5.92 Å². The Morgan fingerprint density at radius 2 is 2.00 bits per heavy atom. The van der Waals surface area contributed by atoms with Crippen molar-refractivity contribution in [3.05, 3.63) is 35.9 Å². The third kappa shape index (κ3) is 3.76. The lowest BCUT2D eigenvalue weighted by Gasteiger charge is -2.42. The maximum atomic E-state index is 11.7. The first-order valence-electron chi connectivity index (χ1n) is 7.31. The van der Waals surface area contributed by atoms with Gasteiger partial charge in [0.15, 0.2) is 0 Å². The van der Waals surface area contributed by atoms with Crippen LogP contribution in [0, 0.1) is 11.8 Å². The van der Waals surface area contributed by atoms with Crippen LogP contribution in [0.15, 0.2) is 30.3 Å². The highest BCUT2D eigenvalue weighted by molar-refractivity contribution is 5.86. The van der Waals surface area contributed by atoms with Gasteiger partial charge in [-0.05, 0) is 12.5 Å². The third-order valence-electron chi connectivity index (χ3n) is 3.89. The van der Waals surface area contributed by atoms with Crippen molar-refractivity contribution in [1.82, 2.24) is 5.32 Å². The van der Waals surface area contributed by atoms with Gasteiger partial charge in [0.25, 0.3) is 0 Å². The van der Waals surface area contributed by atoms with E-state index >= 15 is 0 Å². The molecule has 22 heavy (non-hydrogen) atoms. The van der Waals surface area contributed by atoms with E-state index in [4.69, 9.17) is 14.6 Å². The maximum absolute atomic E-state index is 11.7. The summed E-state index contributed by atoms with van der Waals surface area (Å²) in [6.45, 7) is 3.58. The van der Waals surface area contributed by atoms with Gasteiger partial charge in [-0.15, -0.1) is 0 Å². The molecule has 1 fully saturated rings. The molecule has 0 aliphatic carbocycles. The van der Waals surface area contributed by atoms with E-state index in [0.717, 1.165) is 5.56 Å². The summed E-state index contributed by atoms with van der Waals surface area (Å²) in [5.74, 6) is -0.714. The second-order valence-corrected chi connectivity index (χ2v) is 5.57. The molecule has 4 atom stereocenters. The summed E-state index contributed by atoms with van der Waals surface area (Å²) in [5, 5.41) is 11.9. The van der Waals surface area contributed by atoms with Crippen LogP contribution in [-0.4, -0.2) is 35.9 Å². The van der Waals surface area contributed by atoms with Crippen LogP contribution in [0.1, 0.15) is 19.4 Å². The summed E-state index contributed by atoms with van der Waals surface area (Å²) in [6, 6.07) is 9.08. The number of rotatable bonds is 6. The van der Waals surface area contributed by atoms with E-state index in [2.05, 4.69) is 5.32 Å². The van der Waals surface area contributed by atoms with Gasteiger partial charge >= 0.3 is 6.16 Å². The average Bonchev–Trinajstić information content (AvgIpc) is 2.50. The molecule has 1 amide bonds. The van der Waals surface area contributed by atoms with Gasteiger partial charge in [-0.3, -0.25) is 4.79 Å². The van der Waals surface area contributed by atoms with E-state index in [1.807, 2.05) is 37.3 Å². The highest BCUT2D eigenvalue weighted by Gasteiger charge is 2.46. The van der Waals surface area contributed by atoms with Crippen LogP contribution in [0.5, 0.6) is 0 Å². The molecule has 0 unspecified atom stereocenters. The molecule has 120 valence electrons. The lowest BCUT2D eigenvalue weighted by Crippen LogP contribution is -2.65. The molecular weight excluding hydrogens is 286 g/mol. The molecule has 2 rings (SSSR count). The Kier molecular flexibility index (Phi) is 5.38. The smallest absolute Gasteiger partial charge is 0.430 e. The zero-order valence-corrected chi connectivity index (χ0v) is 12.7. The van der Waals surface area contributed by atoms with Gasteiger partial charge < -0.3 is 19.9 Å². The number of benzene rings is 1. The topological polar surface area (TPSA) is 84.9 Å². The number of hydrogen-bond acceptors (Lipinski definition) is 5. The number of carbonyl (C=O) groups is 2. The van der Waals surface area contributed by atoms with Crippen molar-refractivity contribution in [3.63, 3.8) is 0 Å². The molecule has 0 aromatic heterocycles. The molecule has 0 radical (unpaired) electrons. The predicted molar refractivity (Wildman–Crippen MR) is 78.8 cm³/mol.